The molecule has 0 amide bonds. The third kappa shape index (κ3) is 19.1. The molecule has 6 saturated heterocycles. The Kier molecular flexibility index (Phi) is 30.4. The molecule has 0 bridgehead atoms. The summed E-state index contributed by atoms with van der Waals surface area (Å²) in [6.07, 6.45) is 17.4. The molecule has 6 aliphatic carbocycles. The highest BCUT2D eigenvalue weighted by atomic mass is 16.7. The van der Waals surface area contributed by atoms with E-state index in [1.807, 2.05) is 41.5 Å². The van der Waals surface area contributed by atoms with Gasteiger partial charge in [-0.2, -0.15) is 0 Å². The average molecular weight is 1510 g/mol. The van der Waals surface area contributed by atoms with Gasteiger partial charge in [-0.1, -0.05) is 51.5 Å². The van der Waals surface area contributed by atoms with Crippen molar-refractivity contribution in [2.24, 2.45) is 71.0 Å². The second kappa shape index (κ2) is 38.3. The van der Waals surface area contributed by atoms with E-state index in [0.29, 0.717) is 49.5 Å². The maximum absolute atomic E-state index is 14.8. The van der Waals surface area contributed by atoms with Crippen LogP contribution in [0.5, 0.6) is 0 Å². The van der Waals surface area contributed by atoms with Gasteiger partial charge < -0.3 is 85.6 Å². The van der Waals surface area contributed by atoms with Gasteiger partial charge in [0.15, 0.2) is 36.7 Å². The summed E-state index contributed by atoms with van der Waals surface area (Å²) in [5.74, 6) is 0.742. The smallest absolute Gasteiger partial charge is 0.306 e. The zero-order valence-corrected chi connectivity index (χ0v) is 68.5. The number of hydrogen-bond donors (Lipinski definition) is 0. The molecule has 0 aromatic rings. The molecule has 0 aromatic heterocycles. The van der Waals surface area contributed by atoms with Crippen molar-refractivity contribution in [3.63, 3.8) is 0 Å². The number of allylic oxidation sites excluding steroid dienone is 6. The van der Waals surface area contributed by atoms with Crippen molar-refractivity contribution in [3.05, 3.63) is 34.9 Å². The number of rotatable bonds is 20. The third-order valence-corrected chi connectivity index (χ3v) is 27.6. The number of methoxy groups -OCH3 is 4. The number of hydrogen-bond acceptors (Lipinski definition) is 22. The van der Waals surface area contributed by atoms with Gasteiger partial charge in [0.1, 0.15) is 48.8 Å². The van der Waals surface area contributed by atoms with E-state index in [4.69, 9.17) is 75.8 Å². The molecule has 9 fully saturated rings. The summed E-state index contributed by atoms with van der Waals surface area (Å²) in [7, 11) is 15.1. The van der Waals surface area contributed by atoms with E-state index < -0.39 is 24.8 Å². The number of esters is 2. The van der Waals surface area contributed by atoms with Gasteiger partial charge in [0.25, 0.3) is 0 Å². The van der Waals surface area contributed by atoms with Crippen LogP contribution in [0.4, 0.5) is 0 Å². The Morgan fingerprint density at radius 3 is 1.35 bits per heavy atom. The molecule has 12 rings (SSSR count). The van der Waals surface area contributed by atoms with E-state index in [1.54, 1.807) is 28.4 Å². The molecular formula is C85H138N2O20. The quantitative estimate of drug-likeness (QED) is 0.0816. The Labute approximate surface area is 640 Å². The first kappa shape index (κ1) is 84.8. The van der Waals surface area contributed by atoms with Crippen molar-refractivity contribution in [2.75, 3.05) is 69.8 Å². The molecule has 0 aromatic carbocycles. The number of carbonyl (C=O) groups excluding carboxylic acids is 4. The summed E-state index contributed by atoms with van der Waals surface area (Å²) in [5, 5.41) is 0. The number of fused-ring (bicyclic) bond motifs is 10. The molecule has 0 unspecified atom stereocenters. The lowest BCUT2D eigenvalue weighted by Gasteiger charge is -2.44. The van der Waals surface area contributed by atoms with E-state index in [0.717, 1.165) is 120 Å². The lowest BCUT2D eigenvalue weighted by atomic mass is 9.66. The summed E-state index contributed by atoms with van der Waals surface area (Å²) in [6.45, 7) is 23.7. The Balaban J connectivity index is 0.000000213. The van der Waals surface area contributed by atoms with Crippen LogP contribution in [0.25, 0.3) is 0 Å². The normalized spacial score (nSPS) is 45.0. The van der Waals surface area contributed by atoms with Gasteiger partial charge in [0.05, 0.1) is 61.7 Å². The topological polar surface area (TPSA) is 222 Å². The van der Waals surface area contributed by atoms with Crippen molar-refractivity contribution in [2.45, 2.75) is 339 Å². The largest absolute Gasteiger partial charge is 0.462 e. The van der Waals surface area contributed by atoms with Gasteiger partial charge in [0, 0.05) is 77.4 Å². The molecule has 107 heavy (non-hydrogen) atoms. The monoisotopic (exact) mass is 1510 g/mol. The van der Waals surface area contributed by atoms with Crippen LogP contribution in [-0.2, 0) is 95.0 Å². The number of likely N-dealkylation sites (N-methyl/N-ethyl adjacent to an activating group) is 2. The van der Waals surface area contributed by atoms with Gasteiger partial charge in [-0.25, -0.2) is 0 Å². The zero-order valence-electron chi connectivity index (χ0n) is 68.5. The van der Waals surface area contributed by atoms with Crippen LogP contribution in [0.3, 0.4) is 0 Å². The predicted molar refractivity (Wildman–Crippen MR) is 402 cm³/mol. The highest BCUT2D eigenvalue weighted by Crippen LogP contribution is 2.59. The first-order valence-corrected chi connectivity index (χ1v) is 41.9. The molecule has 6 aliphatic heterocycles. The standard InChI is InChI=1S/C43H69NO10.C42H69NO10/c1-11-27-14-13-15-36(54-38-17-16-35(44(7)8)25(5)50-38)24(4)39(46)34-21-32-30(33(34)22-37(45)52-27)18-23(3)29-19-28(20-31(29)32)53-43-42(48-10)41(49-12-2)40(47-9)26(6)51-43;1-10-27-13-12-14-35(53-37-18-17-34(43(6)7)24(4)49-37)23(3)38(45)33-21-31-29(32(33)22-36(44)51-27)16-15-26-19-28(20-30(26)31)52-42-41(47-9)40(48-11-2)39(46-8)25(5)50-42/h18,21,24-33,35-36,38,40-43H,11-17,19-20,22H2,1-10H3;21,23-32,34-35,37,39-42H,10-20,22H2,1-9H3/t24-,25-,26+,27+,28-,29+,30-,31-,32-,33+,35+,36+,38+,40+,41-,42-,43-;23-,24-,25+,26-,27+,28-,29-,30-,31-,32+,34+,35+,37+,39+,40+,41-,42-/m11/s1. The van der Waals surface area contributed by atoms with Crippen molar-refractivity contribution in [1.29, 1.82) is 0 Å². The molecule has 22 heteroatoms. The highest BCUT2D eigenvalue weighted by Gasteiger charge is 2.57. The zero-order chi connectivity index (χ0) is 76.8. The fraction of sp³-hybridized carbons (Fsp3) is 0.882. The van der Waals surface area contributed by atoms with E-state index in [9.17, 15) is 19.2 Å². The van der Waals surface area contributed by atoms with Crippen molar-refractivity contribution < 1.29 is 95.0 Å². The maximum atomic E-state index is 14.8. The van der Waals surface area contributed by atoms with Crippen LogP contribution in [0.15, 0.2) is 34.9 Å². The SMILES string of the molecule is CCO[C@@H]1[C@@H](OC)[C@H](C)O[C@H](O[C@H]2C[C@H]3[C@@H]4C=C5C(=O)[C@H](C)[C@@H](O[C@H]6CC[C@H](N(C)C)[C@@H](C)O6)CCC[C@H](CC)OC(=O)C[C@H]5[C@@H]4C=C(C)[C@@H]3C2)[C@@H]1OC.CCO[C@H]1[C@@H](OC)[C@H](C)O[C@H](O[C@@H]2C[C@H]3CC[C@@H]4[C@@H](C=C5C(=O)[C@H](C)[C@@H](O[C@H]6CC[C@H](N(C)C)[C@@H](C)O6)CCC[C@H](CC)OC(=O)C[C@H]54)[C@@H]3C2)[C@@H]1OC. The van der Waals surface area contributed by atoms with E-state index in [1.165, 1.54) is 5.57 Å². The summed E-state index contributed by atoms with van der Waals surface area (Å²) in [4.78, 5) is 61.0. The van der Waals surface area contributed by atoms with Crippen LogP contribution < -0.4 is 0 Å². The average Bonchev–Trinajstić information content (AvgIpc) is 1.60. The Bertz CT molecular complexity index is 3000. The highest BCUT2D eigenvalue weighted by molar-refractivity contribution is 6.00. The Morgan fingerprint density at radius 2 is 0.888 bits per heavy atom. The number of ketones is 2. The Morgan fingerprint density at radius 1 is 0.430 bits per heavy atom. The molecule has 34 atom stereocenters. The molecule has 0 N–H and O–H groups in total. The minimum absolute atomic E-state index is 0.00218. The van der Waals surface area contributed by atoms with Gasteiger partial charge in [-0.3, -0.25) is 19.2 Å². The maximum Gasteiger partial charge on any atom is 0.306 e. The van der Waals surface area contributed by atoms with Gasteiger partial charge in [-0.15, -0.1) is 0 Å². The van der Waals surface area contributed by atoms with Crippen molar-refractivity contribution in [1.82, 2.24) is 9.80 Å². The molecule has 0 spiro atoms. The number of ether oxygens (including phenoxy) is 16. The fourth-order valence-electron chi connectivity index (χ4n) is 21.9. The van der Waals surface area contributed by atoms with Crippen LogP contribution >= 0.6 is 0 Å². The summed E-state index contributed by atoms with van der Waals surface area (Å²) >= 11 is 0. The number of carbonyl (C=O) groups is 4. The fourth-order valence-corrected chi connectivity index (χ4v) is 21.9. The number of cyclic esters (lactones) is 2. The Hall–Kier alpha value is -3.14. The van der Waals surface area contributed by atoms with Crippen molar-refractivity contribution in [3.8, 4) is 0 Å². The van der Waals surface area contributed by atoms with Crippen molar-refractivity contribution >= 4 is 23.5 Å². The second-order valence-electron chi connectivity index (χ2n) is 34.3. The van der Waals surface area contributed by atoms with E-state index >= 15 is 0 Å². The summed E-state index contributed by atoms with van der Waals surface area (Å²) in [6, 6.07) is 0.682. The number of nitrogens with zero attached hydrogens (tertiary/aromatic N) is 2. The van der Waals surface area contributed by atoms with E-state index in [2.05, 4.69) is 90.8 Å². The minimum Gasteiger partial charge on any atom is -0.462 e. The number of Topliss-reactive ketones (excluding diaryl/α,β-unsaturated/α-hetero) is 2. The van der Waals surface area contributed by atoms with Crippen LogP contribution in [0.1, 0.15) is 205 Å². The second-order valence-corrected chi connectivity index (χ2v) is 34.3. The summed E-state index contributed by atoms with van der Waals surface area (Å²) in [5.41, 5.74) is 2.89. The molecule has 22 nitrogen and oxygen atoms in total. The summed E-state index contributed by atoms with van der Waals surface area (Å²) < 4.78 is 100. The lowest BCUT2D eigenvalue weighted by Crippen LogP contribution is -2.60. The molecule has 3 saturated carbocycles. The minimum atomic E-state index is -0.597. The van der Waals surface area contributed by atoms with E-state index in [-0.39, 0.29) is 188 Å². The van der Waals surface area contributed by atoms with Gasteiger partial charge in [-0.05, 0) is 251 Å². The molecule has 6 heterocycles. The van der Waals surface area contributed by atoms with Crippen LogP contribution in [0.2, 0.25) is 0 Å². The molecule has 608 valence electrons. The lowest BCUT2D eigenvalue weighted by molar-refractivity contribution is -0.317. The first-order chi connectivity index (χ1) is 51.3. The van der Waals surface area contributed by atoms with Crippen LogP contribution in [0, 0.1) is 71.0 Å². The van der Waals surface area contributed by atoms with Gasteiger partial charge >= 0.3 is 11.9 Å². The molecular weight excluding hydrogens is 1370 g/mol. The third-order valence-electron chi connectivity index (χ3n) is 27.6. The first-order valence-electron chi connectivity index (χ1n) is 41.9. The van der Waals surface area contributed by atoms with Crippen LogP contribution in [-0.4, -0.2) is 238 Å². The molecule has 12 aliphatic rings. The molecule has 0 radical (unpaired) electrons. The predicted octanol–water partition coefficient (Wildman–Crippen LogP) is 12.4. The van der Waals surface area contributed by atoms with Gasteiger partial charge in [0.2, 0.25) is 0 Å².